The zero-order chi connectivity index (χ0) is 26.7. The molecule has 6 heteroatoms. The highest BCUT2D eigenvalue weighted by Crippen LogP contribution is 2.34. The van der Waals surface area contributed by atoms with E-state index in [4.69, 9.17) is 11.2 Å². The van der Waals surface area contributed by atoms with Gasteiger partial charge in [-0.3, -0.25) is 14.6 Å². The summed E-state index contributed by atoms with van der Waals surface area (Å²) < 4.78 is 5.70. The first-order valence-corrected chi connectivity index (χ1v) is 12.8. The highest BCUT2D eigenvalue weighted by Gasteiger charge is 2.43. The molecule has 0 saturated carbocycles. The molecule has 2 N–H and O–H groups in total. The minimum atomic E-state index is -1.26. The summed E-state index contributed by atoms with van der Waals surface area (Å²) in [6, 6.07) is 5.57. The molecule has 1 aliphatic rings. The van der Waals surface area contributed by atoms with Gasteiger partial charge >= 0.3 is 5.97 Å². The van der Waals surface area contributed by atoms with E-state index in [0.29, 0.717) is 19.3 Å². The third kappa shape index (κ3) is 8.72. The van der Waals surface area contributed by atoms with Crippen LogP contribution in [0.4, 0.5) is 0 Å². The molecule has 2 heterocycles. The molecule has 1 aromatic rings. The smallest absolute Gasteiger partial charge is 0.309 e. The number of hydrogen-bond acceptors (Lipinski definition) is 6. The van der Waals surface area contributed by atoms with Gasteiger partial charge in [-0.2, -0.15) is 0 Å². The Morgan fingerprint density at radius 2 is 2.03 bits per heavy atom. The van der Waals surface area contributed by atoms with Crippen LogP contribution < -0.4 is 0 Å². The first kappa shape index (κ1) is 29.5. The number of terminal acetylenes is 1. The number of aliphatic hydroxyl groups excluding tert-OH is 2. The lowest BCUT2D eigenvalue weighted by Gasteiger charge is -2.35. The molecule has 5 atom stereocenters. The summed E-state index contributed by atoms with van der Waals surface area (Å²) in [4.78, 5) is 30.6. The molecule has 0 fully saturated rings. The van der Waals surface area contributed by atoms with Crippen LogP contribution in [0.1, 0.15) is 78.3 Å². The van der Waals surface area contributed by atoms with E-state index in [0.717, 1.165) is 30.5 Å². The zero-order valence-electron chi connectivity index (χ0n) is 22.0. The number of carbonyl (C=O) groups is 2. The van der Waals surface area contributed by atoms with E-state index in [2.05, 4.69) is 17.0 Å². The number of esters is 1. The molecule has 0 amide bonds. The summed E-state index contributed by atoms with van der Waals surface area (Å²) >= 11 is 0. The molecule has 2 rings (SSSR count). The van der Waals surface area contributed by atoms with E-state index in [-0.39, 0.29) is 18.1 Å². The maximum atomic E-state index is 13.5. The van der Waals surface area contributed by atoms with Crippen LogP contribution in [0.3, 0.4) is 0 Å². The molecule has 6 nitrogen and oxygen atoms in total. The Labute approximate surface area is 215 Å². The molecular formula is C30H41NO5. The van der Waals surface area contributed by atoms with Crippen molar-refractivity contribution >= 4 is 17.8 Å². The van der Waals surface area contributed by atoms with Crippen LogP contribution in [-0.4, -0.2) is 45.3 Å². The fourth-order valence-electron chi connectivity index (χ4n) is 4.50. The van der Waals surface area contributed by atoms with Crippen molar-refractivity contribution in [2.45, 2.75) is 91.0 Å². The van der Waals surface area contributed by atoms with Crippen molar-refractivity contribution in [2.24, 2.45) is 17.3 Å². The Bertz CT molecular complexity index is 959. The molecule has 0 bridgehead atoms. The SMILES string of the molecule is C#CCC[C@H]1C(=O)C(C)(C)[C@@H](O)CC(=O)OC(/C=C/c2ccccn2)C/C=C(/C)CCC[C@H](C)[C@@H]1O. The number of aromatic nitrogens is 1. The molecule has 36 heavy (non-hydrogen) atoms. The topological polar surface area (TPSA) is 96.7 Å². The Hall–Kier alpha value is -2.75. The lowest BCUT2D eigenvalue weighted by molar-refractivity contribution is -0.154. The fourth-order valence-corrected chi connectivity index (χ4v) is 4.50. The normalized spacial score (nSPS) is 30.2. The number of ketones is 1. The van der Waals surface area contributed by atoms with Crippen LogP contribution in [0, 0.1) is 29.6 Å². The van der Waals surface area contributed by atoms with Gasteiger partial charge in [0.25, 0.3) is 0 Å². The molecule has 0 aliphatic carbocycles. The fraction of sp³-hybridized carbons (Fsp3) is 0.567. The third-order valence-corrected chi connectivity index (χ3v) is 7.14. The molecule has 0 spiro atoms. The van der Waals surface area contributed by atoms with Gasteiger partial charge in [-0.1, -0.05) is 38.5 Å². The largest absolute Gasteiger partial charge is 0.458 e. The Kier molecular flexibility index (Phi) is 11.6. The van der Waals surface area contributed by atoms with Crippen molar-refractivity contribution in [1.29, 1.82) is 0 Å². The second-order valence-electron chi connectivity index (χ2n) is 10.4. The van der Waals surface area contributed by atoms with Gasteiger partial charge in [0.05, 0.1) is 29.7 Å². The molecule has 196 valence electrons. The monoisotopic (exact) mass is 495 g/mol. The predicted molar refractivity (Wildman–Crippen MR) is 142 cm³/mol. The number of ether oxygens (including phenoxy) is 1. The van der Waals surface area contributed by atoms with Gasteiger partial charge in [0.2, 0.25) is 0 Å². The zero-order valence-corrected chi connectivity index (χ0v) is 22.0. The van der Waals surface area contributed by atoms with Gasteiger partial charge in [-0.05, 0) is 62.8 Å². The molecule has 1 aromatic heterocycles. The van der Waals surface area contributed by atoms with Crippen molar-refractivity contribution in [2.75, 3.05) is 0 Å². The van der Waals surface area contributed by atoms with Crippen LogP contribution in [0.15, 0.2) is 42.1 Å². The number of allylic oxidation sites excluding steroid dienone is 1. The van der Waals surface area contributed by atoms with Gasteiger partial charge in [-0.15, -0.1) is 12.3 Å². The minimum Gasteiger partial charge on any atom is -0.458 e. The number of pyridine rings is 1. The van der Waals surface area contributed by atoms with Crippen molar-refractivity contribution in [3.8, 4) is 12.3 Å². The van der Waals surface area contributed by atoms with E-state index >= 15 is 0 Å². The van der Waals surface area contributed by atoms with Crippen LogP contribution >= 0.6 is 0 Å². The summed E-state index contributed by atoms with van der Waals surface area (Å²) in [5.74, 6) is 0.856. The van der Waals surface area contributed by atoms with E-state index in [1.807, 2.05) is 38.1 Å². The van der Waals surface area contributed by atoms with E-state index < -0.39 is 35.6 Å². The van der Waals surface area contributed by atoms with E-state index in [1.165, 1.54) is 0 Å². The number of aliphatic hydroxyl groups is 2. The Morgan fingerprint density at radius 3 is 2.69 bits per heavy atom. The lowest BCUT2D eigenvalue weighted by Crippen LogP contribution is -2.46. The van der Waals surface area contributed by atoms with E-state index in [9.17, 15) is 19.8 Å². The summed E-state index contributed by atoms with van der Waals surface area (Å²) in [5.41, 5.74) is 0.655. The van der Waals surface area contributed by atoms with Gasteiger partial charge in [-0.25, -0.2) is 0 Å². The van der Waals surface area contributed by atoms with Gasteiger partial charge in [0.1, 0.15) is 11.9 Å². The molecule has 0 aromatic carbocycles. The average Bonchev–Trinajstić information content (AvgIpc) is 2.85. The van der Waals surface area contributed by atoms with Gasteiger partial charge in [0, 0.05) is 25.0 Å². The second-order valence-corrected chi connectivity index (χ2v) is 10.4. The standard InChI is InChI=1S/C30H41NO5/c1-6-7-14-25-28(34)22(3)12-10-11-21(2)15-17-24(18-16-23-13-8-9-19-31-23)36-27(33)20-26(32)30(4,5)29(25)35/h1,8-9,13,15-16,18-19,22,24-26,28,32,34H,7,10-12,14,17,20H2,2-5H3/b18-16+,21-15-/t22-,24?,25+,26-,28-/m0/s1. The summed E-state index contributed by atoms with van der Waals surface area (Å²) in [7, 11) is 0. The van der Waals surface area contributed by atoms with Crippen LogP contribution in [0.25, 0.3) is 6.08 Å². The summed E-state index contributed by atoms with van der Waals surface area (Å²) in [6.45, 7) is 7.21. The van der Waals surface area contributed by atoms with Crippen molar-refractivity contribution in [3.63, 3.8) is 0 Å². The van der Waals surface area contributed by atoms with Crippen LogP contribution in [0.5, 0.6) is 0 Å². The van der Waals surface area contributed by atoms with Crippen molar-refractivity contribution in [1.82, 2.24) is 4.98 Å². The van der Waals surface area contributed by atoms with Gasteiger partial charge < -0.3 is 14.9 Å². The van der Waals surface area contributed by atoms with Gasteiger partial charge in [0.15, 0.2) is 0 Å². The number of nitrogens with zero attached hydrogens (tertiary/aromatic N) is 1. The first-order valence-electron chi connectivity index (χ1n) is 12.8. The number of cyclic esters (lactones) is 1. The maximum Gasteiger partial charge on any atom is 0.309 e. The highest BCUT2D eigenvalue weighted by atomic mass is 16.5. The van der Waals surface area contributed by atoms with Crippen molar-refractivity contribution in [3.05, 3.63) is 47.8 Å². The average molecular weight is 496 g/mol. The first-order chi connectivity index (χ1) is 17.1. The third-order valence-electron chi connectivity index (χ3n) is 7.14. The Balaban J connectivity index is 2.32. The number of rotatable bonds is 4. The van der Waals surface area contributed by atoms with E-state index in [1.54, 1.807) is 26.1 Å². The highest BCUT2D eigenvalue weighted by molar-refractivity contribution is 5.88. The molecule has 1 aliphatic heterocycles. The van der Waals surface area contributed by atoms with Crippen LogP contribution in [-0.2, 0) is 14.3 Å². The second kappa shape index (κ2) is 14.1. The lowest BCUT2D eigenvalue weighted by atomic mass is 9.71. The molecule has 1 unspecified atom stereocenters. The Morgan fingerprint density at radius 1 is 1.28 bits per heavy atom. The predicted octanol–water partition coefficient (Wildman–Crippen LogP) is 4.90. The molecular weight excluding hydrogens is 454 g/mol. The number of Topliss-reactive ketones (excluding diaryl/α,β-unsaturated/α-hetero) is 1. The summed E-state index contributed by atoms with van der Waals surface area (Å²) in [6.07, 6.45) is 13.4. The molecule has 0 saturated heterocycles. The number of carbonyl (C=O) groups excluding carboxylic acids is 2. The maximum absolute atomic E-state index is 13.5. The van der Waals surface area contributed by atoms with Crippen LogP contribution in [0.2, 0.25) is 0 Å². The van der Waals surface area contributed by atoms with Crippen molar-refractivity contribution < 1.29 is 24.5 Å². The molecule has 0 radical (unpaired) electrons. The summed E-state index contributed by atoms with van der Waals surface area (Å²) in [5, 5.41) is 22.0. The quantitative estimate of drug-likeness (QED) is 0.350. The minimum absolute atomic E-state index is 0.107. The number of hydrogen-bond donors (Lipinski definition) is 2.